The Kier molecular flexibility index (Phi) is 16.1. The molecule has 53 heavy (non-hydrogen) atoms. The smallest absolute Gasteiger partial charge is 0.185 e. The van der Waals surface area contributed by atoms with Crippen LogP contribution in [0.4, 0.5) is 0 Å². The van der Waals surface area contributed by atoms with Crippen molar-refractivity contribution in [2.45, 2.75) is 179 Å². The Bertz CT molecular complexity index is 1200. The van der Waals surface area contributed by atoms with Crippen LogP contribution in [0, 0.1) is 23.7 Å². The zero-order valence-electron chi connectivity index (χ0n) is 34.6. The van der Waals surface area contributed by atoms with Crippen LogP contribution >= 0.6 is 0 Å². The van der Waals surface area contributed by atoms with Crippen molar-refractivity contribution in [2.75, 3.05) is 34.9 Å². The lowest BCUT2D eigenvalue weighted by atomic mass is 9.74. The van der Waals surface area contributed by atoms with E-state index in [0.717, 1.165) is 0 Å². The average molecular weight is 762 g/mol. The molecule has 0 aromatic carbocycles. The standard InChI is InChI=1S/C39H71NO13/c1-15-28-39(10,46)33(44)23(5)30(42)20(2)17-38(9,48-14)35(53-36-31(43)26(40(11)12)16-21(3)50-36)24(6)32(22(4)27(41)19-49-28)52-29-18-37(8,47-13)34(45)25(7)51-29/h20-26,28-29,31-36,43-46H,15-19H2,1-14H3/t20-,21-,22+,23+,24+,25+,26+,28-,29+,31-,32-,33-,34+,35-,36+,37-,38-,39-/m1/s1. The SMILES string of the molecule is CC[C@H]1OCC(=O)[C@H](C)[C@@H](O[C@H]2C[C@@](C)(OC)[C@@H](O)[C@H](C)O2)[C@H](C)[C@@H](O[C@@H]2O[C@H](C)C[C@H](N(C)C)[C@H]2O)[C@](C)(OC)C[C@@H](C)C(=O)[C@H](C)[C@@H](O)[C@]1(C)O. The van der Waals surface area contributed by atoms with Crippen LogP contribution < -0.4 is 0 Å². The average Bonchev–Trinajstić information content (AvgIpc) is 3.10. The molecule has 0 aromatic heterocycles. The maximum Gasteiger partial charge on any atom is 0.185 e. The van der Waals surface area contributed by atoms with Crippen LogP contribution in [0.15, 0.2) is 0 Å². The number of hydrogen-bond acceptors (Lipinski definition) is 14. The normalized spacial score (nSPS) is 48.7. The molecule has 14 nitrogen and oxygen atoms in total. The quantitative estimate of drug-likeness (QED) is 0.283. The Morgan fingerprint density at radius 1 is 0.849 bits per heavy atom. The summed E-state index contributed by atoms with van der Waals surface area (Å²) in [5, 5.41) is 45.6. The summed E-state index contributed by atoms with van der Waals surface area (Å²) in [4.78, 5) is 30.1. The highest BCUT2D eigenvalue weighted by Crippen LogP contribution is 2.41. The van der Waals surface area contributed by atoms with E-state index in [4.69, 9.17) is 33.2 Å². The van der Waals surface area contributed by atoms with Gasteiger partial charge in [-0.05, 0) is 68.0 Å². The van der Waals surface area contributed by atoms with E-state index in [0.29, 0.717) is 6.42 Å². The van der Waals surface area contributed by atoms with Gasteiger partial charge in [-0.1, -0.05) is 34.6 Å². The van der Waals surface area contributed by atoms with E-state index in [9.17, 15) is 30.0 Å². The number of ether oxygens (including phenoxy) is 7. The molecule has 0 amide bonds. The van der Waals surface area contributed by atoms with Gasteiger partial charge in [0.05, 0.1) is 47.8 Å². The minimum atomic E-state index is -1.86. The van der Waals surface area contributed by atoms with Crippen molar-refractivity contribution in [3.8, 4) is 0 Å². The van der Waals surface area contributed by atoms with Gasteiger partial charge in [-0.15, -0.1) is 0 Å². The van der Waals surface area contributed by atoms with Gasteiger partial charge in [-0.3, -0.25) is 9.59 Å². The third kappa shape index (κ3) is 10.1. The van der Waals surface area contributed by atoms with Gasteiger partial charge in [0.2, 0.25) is 0 Å². The minimum Gasteiger partial charge on any atom is -0.389 e. The highest BCUT2D eigenvalue weighted by molar-refractivity contribution is 5.84. The van der Waals surface area contributed by atoms with Crippen molar-refractivity contribution in [3.05, 3.63) is 0 Å². The van der Waals surface area contributed by atoms with Crippen molar-refractivity contribution < 1.29 is 63.2 Å². The fraction of sp³-hybridized carbons (Fsp3) is 0.949. The largest absolute Gasteiger partial charge is 0.389 e. The summed E-state index contributed by atoms with van der Waals surface area (Å²) in [6, 6.07) is -0.280. The molecule has 0 bridgehead atoms. The monoisotopic (exact) mass is 761 g/mol. The van der Waals surface area contributed by atoms with Gasteiger partial charge >= 0.3 is 0 Å². The molecule has 0 radical (unpaired) electrons. The first kappa shape index (κ1) is 46.2. The minimum absolute atomic E-state index is 0.111. The predicted octanol–water partition coefficient (Wildman–Crippen LogP) is 2.48. The molecule has 0 aromatic rings. The van der Waals surface area contributed by atoms with E-state index in [-0.39, 0.29) is 43.0 Å². The van der Waals surface area contributed by atoms with Gasteiger partial charge in [0.15, 0.2) is 18.4 Å². The lowest BCUT2D eigenvalue weighted by Gasteiger charge is -2.49. The molecule has 0 aliphatic carbocycles. The second kappa shape index (κ2) is 18.4. The molecule has 0 unspecified atom stereocenters. The van der Waals surface area contributed by atoms with Crippen LogP contribution in [0.25, 0.3) is 0 Å². The van der Waals surface area contributed by atoms with Crippen LogP contribution in [0.5, 0.6) is 0 Å². The van der Waals surface area contributed by atoms with Crippen molar-refractivity contribution in [3.63, 3.8) is 0 Å². The fourth-order valence-corrected chi connectivity index (χ4v) is 8.78. The van der Waals surface area contributed by atoms with Gasteiger partial charge in [0, 0.05) is 50.4 Å². The number of Topliss-reactive ketones (excluding diaryl/α,β-unsaturated/α-hetero) is 2. The van der Waals surface area contributed by atoms with Gasteiger partial charge < -0.3 is 58.5 Å². The van der Waals surface area contributed by atoms with E-state index in [1.807, 2.05) is 39.8 Å². The molecular formula is C39H71NO13. The molecule has 310 valence electrons. The topological polar surface area (TPSA) is 183 Å². The maximum atomic E-state index is 14.2. The number of carbonyl (C=O) groups excluding carboxylic acids is 2. The van der Waals surface area contributed by atoms with Crippen molar-refractivity contribution >= 4 is 11.6 Å². The van der Waals surface area contributed by atoms with E-state index in [2.05, 4.69) is 0 Å². The van der Waals surface area contributed by atoms with E-state index in [1.54, 1.807) is 41.5 Å². The molecule has 3 rings (SSSR count). The maximum absolute atomic E-state index is 14.2. The number of rotatable bonds is 8. The highest BCUT2D eigenvalue weighted by Gasteiger charge is 2.53. The molecule has 18 atom stereocenters. The van der Waals surface area contributed by atoms with Crippen molar-refractivity contribution in [1.29, 1.82) is 0 Å². The van der Waals surface area contributed by atoms with E-state index >= 15 is 0 Å². The Hall–Kier alpha value is -1.14. The summed E-state index contributed by atoms with van der Waals surface area (Å²) >= 11 is 0. The predicted molar refractivity (Wildman–Crippen MR) is 196 cm³/mol. The third-order valence-electron chi connectivity index (χ3n) is 12.6. The van der Waals surface area contributed by atoms with E-state index < -0.39 is 102 Å². The summed E-state index contributed by atoms with van der Waals surface area (Å²) in [6.07, 6.45) is -8.17. The Morgan fingerprint density at radius 3 is 2.00 bits per heavy atom. The molecule has 14 heteroatoms. The van der Waals surface area contributed by atoms with Crippen LogP contribution in [-0.2, 0) is 42.7 Å². The molecule has 3 aliphatic heterocycles. The summed E-state index contributed by atoms with van der Waals surface area (Å²) < 4.78 is 44.1. The highest BCUT2D eigenvalue weighted by atomic mass is 16.7. The van der Waals surface area contributed by atoms with Gasteiger partial charge in [0.1, 0.15) is 30.2 Å². The Morgan fingerprint density at radius 2 is 1.45 bits per heavy atom. The van der Waals surface area contributed by atoms with Crippen molar-refractivity contribution in [1.82, 2.24) is 4.90 Å². The van der Waals surface area contributed by atoms with Crippen LogP contribution in [0.3, 0.4) is 0 Å². The lowest BCUT2D eigenvalue weighted by molar-refractivity contribution is -0.318. The molecule has 4 N–H and O–H groups in total. The number of aliphatic hydroxyl groups excluding tert-OH is 3. The van der Waals surface area contributed by atoms with E-state index in [1.165, 1.54) is 21.1 Å². The first-order chi connectivity index (χ1) is 24.5. The van der Waals surface area contributed by atoms with Gasteiger partial charge in [-0.25, -0.2) is 0 Å². The number of likely N-dealkylation sites (N-methyl/N-ethyl adjacent to an activating group) is 1. The van der Waals surface area contributed by atoms with Gasteiger partial charge in [-0.2, -0.15) is 0 Å². The Labute approximate surface area is 317 Å². The second-order valence-corrected chi connectivity index (χ2v) is 17.0. The zero-order valence-corrected chi connectivity index (χ0v) is 34.6. The number of nitrogens with zero attached hydrogens (tertiary/aromatic N) is 1. The van der Waals surface area contributed by atoms with Crippen molar-refractivity contribution in [2.24, 2.45) is 23.7 Å². The second-order valence-electron chi connectivity index (χ2n) is 17.0. The number of methoxy groups -OCH3 is 2. The molecule has 3 fully saturated rings. The number of hydrogen-bond donors (Lipinski definition) is 4. The zero-order chi connectivity index (χ0) is 40.4. The summed E-state index contributed by atoms with van der Waals surface area (Å²) in [6.45, 7) is 16.9. The Balaban J connectivity index is 2.21. The molecule has 0 spiro atoms. The molecule has 3 aliphatic rings. The van der Waals surface area contributed by atoms with Gasteiger partial charge in [0.25, 0.3) is 0 Å². The third-order valence-corrected chi connectivity index (χ3v) is 12.6. The molecule has 0 saturated carbocycles. The number of carbonyl (C=O) groups is 2. The number of aliphatic hydroxyl groups is 4. The first-order valence-corrected chi connectivity index (χ1v) is 19.3. The molecule has 3 saturated heterocycles. The summed E-state index contributed by atoms with van der Waals surface area (Å²) in [7, 11) is 6.79. The summed E-state index contributed by atoms with van der Waals surface area (Å²) in [5.74, 6) is -3.85. The van der Waals surface area contributed by atoms with Crippen LogP contribution in [0.1, 0.15) is 94.9 Å². The number of ketones is 2. The van der Waals surface area contributed by atoms with Crippen LogP contribution in [0.2, 0.25) is 0 Å². The first-order valence-electron chi connectivity index (χ1n) is 19.3. The molecule has 3 heterocycles. The fourth-order valence-electron chi connectivity index (χ4n) is 8.78. The summed E-state index contributed by atoms with van der Waals surface area (Å²) in [5.41, 5.74) is -4.12. The lowest BCUT2D eigenvalue weighted by Crippen LogP contribution is -2.61. The molecular weight excluding hydrogens is 690 g/mol. The van der Waals surface area contributed by atoms with Crippen LogP contribution in [-0.4, -0.2) is 156 Å².